The summed E-state index contributed by atoms with van der Waals surface area (Å²) in [4.78, 5) is 3.34. The number of ether oxygens (including phenoxy) is 1. The summed E-state index contributed by atoms with van der Waals surface area (Å²) >= 11 is 0. The average molecular weight is 444 g/mol. The second-order valence-corrected chi connectivity index (χ2v) is 9.02. The zero-order chi connectivity index (χ0) is 21.7. The lowest BCUT2D eigenvalue weighted by molar-refractivity contribution is 0.332. The maximum Gasteiger partial charge on any atom is 0.207 e. The van der Waals surface area contributed by atoms with Crippen LogP contribution in [0.2, 0.25) is 0 Å². The molecular weight excluding hydrogens is 431 g/mol. The molecule has 0 radical (unpaired) electrons. The summed E-state index contributed by atoms with van der Waals surface area (Å²) in [6, 6.07) is 22.6. The largest absolute Gasteiger partial charge is 0.451 e. The van der Waals surface area contributed by atoms with Crippen LogP contribution in [-0.4, -0.2) is 0 Å². The van der Waals surface area contributed by atoms with Crippen molar-refractivity contribution in [3.05, 3.63) is 102 Å². The van der Waals surface area contributed by atoms with E-state index in [9.17, 15) is 22.0 Å². The van der Waals surface area contributed by atoms with Gasteiger partial charge in [-0.05, 0) is 52.4 Å². The molecule has 0 saturated heterocycles. The van der Waals surface area contributed by atoms with Crippen LogP contribution in [-0.2, 0) is 0 Å². The zero-order valence-electron chi connectivity index (χ0n) is 15.7. The van der Waals surface area contributed by atoms with Crippen LogP contribution in [0.5, 0.6) is 11.5 Å². The zero-order valence-corrected chi connectivity index (χ0v) is 16.6. The molecule has 0 N–H and O–H groups in total. The van der Waals surface area contributed by atoms with E-state index in [1.54, 1.807) is 12.1 Å². The first kappa shape index (κ1) is 19.6. The minimum absolute atomic E-state index is 0.0391. The average Bonchev–Trinajstić information content (AvgIpc) is 3.14. The van der Waals surface area contributed by atoms with Gasteiger partial charge in [-0.25, -0.2) is 13.2 Å². The standard InChI is InChI=1S/C24H13F5OS/c25-19-20(26)22(28)24(23(29)21(19)27)30-13-9-11-14(12-10-13)31-17-7-3-1-5-15(17)16-6-2-4-8-18(16)31/h1-12,31H. The molecule has 4 aromatic carbocycles. The fourth-order valence-electron chi connectivity index (χ4n) is 3.66. The normalized spacial score (nSPS) is 13.1. The molecule has 1 aliphatic heterocycles. The lowest BCUT2D eigenvalue weighted by atomic mass is 10.1. The molecule has 4 aromatic rings. The van der Waals surface area contributed by atoms with E-state index in [1.165, 1.54) is 21.9 Å². The van der Waals surface area contributed by atoms with Crippen LogP contribution < -0.4 is 4.74 Å². The highest BCUT2D eigenvalue weighted by molar-refractivity contribution is 8.17. The summed E-state index contributed by atoms with van der Waals surface area (Å²) in [5, 5.41) is 0. The molecule has 0 atom stereocenters. The van der Waals surface area contributed by atoms with Crippen LogP contribution in [0.1, 0.15) is 0 Å². The van der Waals surface area contributed by atoms with E-state index in [1.807, 2.05) is 24.3 Å². The Hall–Kier alpha value is -3.32. The van der Waals surface area contributed by atoms with Crippen molar-refractivity contribution in [1.29, 1.82) is 0 Å². The van der Waals surface area contributed by atoms with Crippen LogP contribution in [0.15, 0.2) is 87.5 Å². The van der Waals surface area contributed by atoms with Crippen LogP contribution in [0.4, 0.5) is 22.0 Å². The van der Waals surface area contributed by atoms with E-state index in [-0.39, 0.29) is 5.75 Å². The number of fused-ring (bicyclic) bond motifs is 3. The summed E-state index contributed by atoms with van der Waals surface area (Å²) in [5.41, 5.74) is 2.32. The highest BCUT2D eigenvalue weighted by Gasteiger charge is 2.28. The molecule has 0 aromatic heterocycles. The number of halogens is 5. The Morgan fingerprint density at radius 1 is 0.516 bits per heavy atom. The van der Waals surface area contributed by atoms with Gasteiger partial charge < -0.3 is 4.74 Å². The fraction of sp³-hybridized carbons (Fsp3) is 0. The predicted molar refractivity (Wildman–Crippen MR) is 108 cm³/mol. The topological polar surface area (TPSA) is 9.23 Å². The third-order valence-corrected chi connectivity index (χ3v) is 7.62. The van der Waals surface area contributed by atoms with Crippen molar-refractivity contribution < 1.29 is 26.7 Å². The van der Waals surface area contributed by atoms with Crippen molar-refractivity contribution in [2.75, 3.05) is 0 Å². The minimum Gasteiger partial charge on any atom is -0.451 e. The number of hydrogen-bond donors (Lipinski definition) is 1. The van der Waals surface area contributed by atoms with Gasteiger partial charge in [0.05, 0.1) is 0 Å². The summed E-state index contributed by atoms with van der Waals surface area (Å²) in [7, 11) is -0.844. The molecule has 0 amide bonds. The molecule has 156 valence electrons. The lowest BCUT2D eigenvalue weighted by Crippen LogP contribution is -2.04. The maximum atomic E-state index is 13.9. The van der Waals surface area contributed by atoms with Gasteiger partial charge in [0.1, 0.15) is 5.75 Å². The summed E-state index contributed by atoms with van der Waals surface area (Å²) < 4.78 is 72.9. The molecule has 0 unspecified atom stereocenters. The molecule has 0 spiro atoms. The molecule has 31 heavy (non-hydrogen) atoms. The Labute approximate surface area is 177 Å². The van der Waals surface area contributed by atoms with Gasteiger partial charge >= 0.3 is 0 Å². The van der Waals surface area contributed by atoms with E-state index in [0.717, 1.165) is 16.0 Å². The molecule has 0 bridgehead atoms. The van der Waals surface area contributed by atoms with E-state index < -0.39 is 45.7 Å². The van der Waals surface area contributed by atoms with Gasteiger partial charge in [-0.15, -0.1) is 0 Å². The van der Waals surface area contributed by atoms with Crippen molar-refractivity contribution in [2.24, 2.45) is 0 Å². The van der Waals surface area contributed by atoms with Crippen molar-refractivity contribution in [3.8, 4) is 22.6 Å². The number of hydrogen-bond acceptors (Lipinski definition) is 1. The molecule has 0 fully saturated rings. The van der Waals surface area contributed by atoms with Gasteiger partial charge in [0.15, 0.2) is 0 Å². The third-order valence-electron chi connectivity index (χ3n) is 5.06. The summed E-state index contributed by atoms with van der Waals surface area (Å²) in [6.45, 7) is 0. The SMILES string of the molecule is Fc1c(F)c(F)c(Oc2ccc([SH]3c4ccccc4-c4ccccc43)cc2)c(F)c1F. The van der Waals surface area contributed by atoms with E-state index >= 15 is 0 Å². The molecule has 1 heterocycles. The molecule has 7 heteroatoms. The Kier molecular flexibility index (Phi) is 4.70. The van der Waals surface area contributed by atoms with Gasteiger partial charge in [-0.3, -0.25) is 0 Å². The molecule has 1 nitrogen and oxygen atoms in total. The Morgan fingerprint density at radius 2 is 0.968 bits per heavy atom. The van der Waals surface area contributed by atoms with E-state index in [4.69, 9.17) is 4.74 Å². The first-order valence-electron chi connectivity index (χ1n) is 9.25. The van der Waals surface area contributed by atoms with E-state index in [0.29, 0.717) is 0 Å². The highest BCUT2D eigenvalue weighted by Crippen LogP contribution is 2.62. The monoisotopic (exact) mass is 444 g/mol. The van der Waals surface area contributed by atoms with Crippen LogP contribution >= 0.6 is 10.9 Å². The lowest BCUT2D eigenvalue weighted by Gasteiger charge is -2.19. The van der Waals surface area contributed by atoms with Crippen molar-refractivity contribution in [3.63, 3.8) is 0 Å². The quantitative estimate of drug-likeness (QED) is 0.130. The first-order valence-corrected chi connectivity index (χ1v) is 10.6. The number of thiol groups is 1. The summed E-state index contributed by atoms with van der Waals surface area (Å²) in [6.07, 6.45) is 0. The molecule has 1 aliphatic rings. The number of rotatable bonds is 3. The van der Waals surface area contributed by atoms with Gasteiger partial charge in [0.2, 0.25) is 34.8 Å². The van der Waals surface area contributed by atoms with Crippen molar-refractivity contribution in [2.45, 2.75) is 14.7 Å². The predicted octanol–water partition coefficient (Wildman–Crippen LogP) is 7.63. The Bertz CT molecular complexity index is 1250. The fourth-order valence-corrected chi connectivity index (χ4v) is 6.26. The molecule has 5 rings (SSSR count). The minimum atomic E-state index is -2.22. The van der Waals surface area contributed by atoms with E-state index in [2.05, 4.69) is 24.3 Å². The third kappa shape index (κ3) is 3.08. The first-order chi connectivity index (χ1) is 15.0. The van der Waals surface area contributed by atoms with Crippen molar-refractivity contribution in [1.82, 2.24) is 0 Å². The number of benzene rings is 4. The second-order valence-electron chi connectivity index (χ2n) is 6.86. The van der Waals surface area contributed by atoms with Crippen LogP contribution in [0.3, 0.4) is 0 Å². The maximum absolute atomic E-state index is 13.9. The second kappa shape index (κ2) is 7.42. The van der Waals surface area contributed by atoms with Crippen molar-refractivity contribution >= 4 is 10.9 Å². The Balaban J connectivity index is 1.52. The molecular formula is C24H13F5OS. The van der Waals surface area contributed by atoms with Crippen LogP contribution in [0, 0.1) is 29.1 Å². The van der Waals surface area contributed by atoms with Gasteiger partial charge in [-0.1, -0.05) is 36.4 Å². The van der Waals surface area contributed by atoms with Gasteiger partial charge in [0, 0.05) is 9.79 Å². The van der Waals surface area contributed by atoms with Gasteiger partial charge in [-0.2, -0.15) is 19.7 Å². The van der Waals surface area contributed by atoms with Gasteiger partial charge in [0.25, 0.3) is 0 Å². The summed E-state index contributed by atoms with van der Waals surface area (Å²) in [5.74, 6) is -11.7. The molecule has 0 saturated carbocycles. The highest BCUT2D eigenvalue weighted by atomic mass is 32.2. The van der Waals surface area contributed by atoms with Crippen LogP contribution in [0.25, 0.3) is 11.1 Å². The molecule has 0 aliphatic carbocycles. The smallest absolute Gasteiger partial charge is 0.207 e. The Morgan fingerprint density at radius 3 is 1.48 bits per heavy atom.